The molecule has 0 amide bonds. The third-order valence-electron chi connectivity index (χ3n) is 5.94. The zero-order valence-corrected chi connectivity index (χ0v) is 18.9. The molecule has 0 saturated carbocycles. The van der Waals surface area contributed by atoms with Gasteiger partial charge in [-0.2, -0.15) is 0 Å². The van der Waals surface area contributed by atoms with E-state index in [4.69, 9.17) is 16.3 Å². The van der Waals surface area contributed by atoms with Crippen LogP contribution in [-0.2, 0) is 17.7 Å². The highest BCUT2D eigenvalue weighted by Gasteiger charge is 2.25. The van der Waals surface area contributed by atoms with Gasteiger partial charge in [0.2, 0.25) is 0 Å². The quantitative estimate of drug-likeness (QED) is 0.507. The Kier molecular flexibility index (Phi) is 6.94. The van der Waals surface area contributed by atoms with Gasteiger partial charge in [-0.05, 0) is 30.2 Å². The molecule has 168 valence electrons. The number of halogens is 1. The summed E-state index contributed by atoms with van der Waals surface area (Å²) in [4.78, 5) is 27.3. The highest BCUT2D eigenvalue weighted by atomic mass is 35.5. The number of nitrogens with zero attached hydrogens (tertiary/aromatic N) is 2. The lowest BCUT2D eigenvalue weighted by atomic mass is 10.0. The lowest BCUT2D eigenvalue weighted by molar-refractivity contribution is 0.0371. The fraction of sp³-hybridized carbons (Fsp3) is 0.360. The average Bonchev–Trinajstić information content (AvgIpc) is 3.08. The minimum Gasteiger partial charge on any atom is -0.478 e. The summed E-state index contributed by atoms with van der Waals surface area (Å²) in [5.74, 6) is -0.933. The molecule has 0 bridgehead atoms. The summed E-state index contributed by atoms with van der Waals surface area (Å²) in [6.45, 7) is 5.60. The standard InChI is InChI=1S/C25H27ClN2O4/c1-2-5-21-24(23(29)16-27-10-12-32-13-11-27)19-9-8-17(25(30)31)14-22(19)28(21)15-18-6-3-4-7-20(18)26/h3-4,6-9,14H,2,5,10-13,15-16H2,1H3,(H,30,31). The van der Waals surface area contributed by atoms with E-state index in [0.717, 1.165) is 41.7 Å². The van der Waals surface area contributed by atoms with Crippen LogP contribution in [0.5, 0.6) is 0 Å². The molecular weight excluding hydrogens is 428 g/mol. The fourth-order valence-corrected chi connectivity index (χ4v) is 4.56. The molecule has 2 aromatic carbocycles. The molecule has 1 aliphatic rings. The SMILES string of the molecule is CCCc1c(C(=O)CN2CCOCC2)c2ccc(C(=O)O)cc2n1Cc1ccccc1Cl. The Morgan fingerprint density at radius 3 is 2.56 bits per heavy atom. The number of carbonyl (C=O) groups excluding carboxylic acids is 1. The molecule has 0 spiro atoms. The molecule has 0 unspecified atom stereocenters. The topological polar surface area (TPSA) is 71.8 Å². The van der Waals surface area contributed by atoms with Crippen LogP contribution in [0.15, 0.2) is 42.5 Å². The van der Waals surface area contributed by atoms with Crippen molar-refractivity contribution in [3.63, 3.8) is 0 Å². The maximum atomic E-state index is 13.5. The van der Waals surface area contributed by atoms with E-state index in [1.54, 1.807) is 18.2 Å². The van der Waals surface area contributed by atoms with Crippen LogP contribution in [0.1, 0.15) is 45.3 Å². The molecule has 7 heteroatoms. The van der Waals surface area contributed by atoms with E-state index in [2.05, 4.69) is 16.4 Å². The number of ketones is 1. The maximum Gasteiger partial charge on any atom is 0.335 e. The molecule has 1 N–H and O–H groups in total. The molecule has 0 radical (unpaired) electrons. The number of carboxylic acid groups (broad SMARTS) is 1. The Labute approximate surface area is 192 Å². The van der Waals surface area contributed by atoms with Crippen LogP contribution in [0.2, 0.25) is 5.02 Å². The Hall–Kier alpha value is -2.67. The number of aromatic nitrogens is 1. The van der Waals surface area contributed by atoms with E-state index in [0.29, 0.717) is 43.3 Å². The van der Waals surface area contributed by atoms with Crippen LogP contribution in [0.4, 0.5) is 0 Å². The van der Waals surface area contributed by atoms with Crippen molar-refractivity contribution in [3.8, 4) is 0 Å². The van der Waals surface area contributed by atoms with Crippen molar-refractivity contribution < 1.29 is 19.4 Å². The molecular formula is C25H27ClN2O4. The van der Waals surface area contributed by atoms with Crippen LogP contribution in [0.25, 0.3) is 10.9 Å². The summed E-state index contributed by atoms with van der Waals surface area (Å²) in [5, 5.41) is 11.0. The van der Waals surface area contributed by atoms with E-state index in [-0.39, 0.29) is 11.3 Å². The third-order valence-corrected chi connectivity index (χ3v) is 6.31. The number of ether oxygens (including phenoxy) is 1. The number of hydrogen-bond acceptors (Lipinski definition) is 4. The van der Waals surface area contributed by atoms with E-state index in [1.807, 2.05) is 24.3 Å². The number of benzene rings is 2. The summed E-state index contributed by atoms with van der Waals surface area (Å²) in [6.07, 6.45) is 1.58. The molecule has 32 heavy (non-hydrogen) atoms. The number of fused-ring (bicyclic) bond motifs is 1. The van der Waals surface area contributed by atoms with Crippen molar-refractivity contribution in [2.45, 2.75) is 26.3 Å². The zero-order valence-electron chi connectivity index (χ0n) is 18.1. The van der Waals surface area contributed by atoms with Gasteiger partial charge in [-0.15, -0.1) is 0 Å². The zero-order chi connectivity index (χ0) is 22.7. The number of hydrogen-bond donors (Lipinski definition) is 1. The largest absolute Gasteiger partial charge is 0.478 e. The van der Waals surface area contributed by atoms with Gasteiger partial charge < -0.3 is 14.4 Å². The number of carbonyl (C=O) groups is 2. The molecule has 0 aliphatic carbocycles. The fourth-order valence-electron chi connectivity index (χ4n) is 4.36. The molecule has 1 saturated heterocycles. The van der Waals surface area contributed by atoms with Crippen molar-refractivity contribution >= 4 is 34.3 Å². The summed E-state index contributed by atoms with van der Waals surface area (Å²) in [6, 6.07) is 12.6. The minimum absolute atomic E-state index is 0.0568. The van der Waals surface area contributed by atoms with Crippen molar-refractivity contribution in [1.82, 2.24) is 9.47 Å². The van der Waals surface area contributed by atoms with Crippen LogP contribution < -0.4 is 0 Å². The predicted octanol–water partition coefficient (Wildman–Crippen LogP) is 4.51. The Bertz CT molecular complexity index is 1150. The highest BCUT2D eigenvalue weighted by Crippen LogP contribution is 2.31. The summed E-state index contributed by atoms with van der Waals surface area (Å²) < 4.78 is 7.48. The molecule has 1 aliphatic heterocycles. The highest BCUT2D eigenvalue weighted by molar-refractivity contribution is 6.31. The summed E-state index contributed by atoms with van der Waals surface area (Å²) in [5.41, 5.74) is 3.50. The molecule has 1 fully saturated rings. The molecule has 3 aromatic rings. The molecule has 4 rings (SSSR count). The molecule has 1 aromatic heterocycles. The van der Waals surface area contributed by atoms with Gasteiger partial charge in [-0.3, -0.25) is 9.69 Å². The lowest BCUT2D eigenvalue weighted by Crippen LogP contribution is -2.39. The van der Waals surface area contributed by atoms with Gasteiger partial charge in [0.15, 0.2) is 5.78 Å². The second kappa shape index (κ2) is 9.86. The van der Waals surface area contributed by atoms with Gasteiger partial charge in [0, 0.05) is 41.3 Å². The number of morpholine rings is 1. The number of Topliss-reactive ketones (excluding diaryl/α,β-unsaturated/α-hetero) is 1. The molecule has 6 nitrogen and oxygen atoms in total. The van der Waals surface area contributed by atoms with Crippen LogP contribution in [0, 0.1) is 0 Å². The van der Waals surface area contributed by atoms with Crippen molar-refractivity contribution in [1.29, 1.82) is 0 Å². The Morgan fingerprint density at radius 2 is 1.88 bits per heavy atom. The second-order valence-corrected chi connectivity index (χ2v) is 8.51. The van der Waals surface area contributed by atoms with Gasteiger partial charge >= 0.3 is 5.97 Å². The smallest absolute Gasteiger partial charge is 0.335 e. The Balaban J connectivity index is 1.86. The number of aromatic carboxylic acids is 1. The van der Waals surface area contributed by atoms with E-state index in [9.17, 15) is 14.7 Å². The van der Waals surface area contributed by atoms with E-state index >= 15 is 0 Å². The van der Waals surface area contributed by atoms with Crippen LogP contribution in [-0.4, -0.2) is 59.2 Å². The first-order chi connectivity index (χ1) is 15.5. The monoisotopic (exact) mass is 454 g/mol. The first-order valence-corrected chi connectivity index (χ1v) is 11.3. The molecule has 2 heterocycles. The normalized spacial score (nSPS) is 14.7. The van der Waals surface area contributed by atoms with Gasteiger partial charge in [0.1, 0.15) is 0 Å². The lowest BCUT2D eigenvalue weighted by Gasteiger charge is -2.26. The van der Waals surface area contributed by atoms with Crippen molar-refractivity contribution in [2.75, 3.05) is 32.8 Å². The van der Waals surface area contributed by atoms with E-state index < -0.39 is 5.97 Å². The third kappa shape index (κ3) is 4.58. The second-order valence-electron chi connectivity index (χ2n) is 8.10. The van der Waals surface area contributed by atoms with Gasteiger partial charge in [-0.1, -0.05) is 49.2 Å². The van der Waals surface area contributed by atoms with Crippen molar-refractivity contribution in [3.05, 3.63) is 69.9 Å². The maximum absolute atomic E-state index is 13.5. The summed E-state index contributed by atoms with van der Waals surface area (Å²) >= 11 is 6.44. The Morgan fingerprint density at radius 1 is 1.12 bits per heavy atom. The van der Waals surface area contributed by atoms with Crippen LogP contribution >= 0.6 is 11.6 Å². The average molecular weight is 455 g/mol. The first kappa shape index (κ1) is 22.5. The predicted molar refractivity (Wildman–Crippen MR) is 125 cm³/mol. The van der Waals surface area contributed by atoms with Crippen molar-refractivity contribution in [2.24, 2.45) is 0 Å². The van der Waals surface area contributed by atoms with E-state index in [1.165, 1.54) is 0 Å². The molecule has 0 atom stereocenters. The van der Waals surface area contributed by atoms with Gasteiger partial charge in [0.25, 0.3) is 0 Å². The number of carboxylic acids is 1. The van der Waals surface area contributed by atoms with Gasteiger partial charge in [-0.25, -0.2) is 4.79 Å². The minimum atomic E-state index is -0.990. The van der Waals surface area contributed by atoms with Crippen LogP contribution in [0.3, 0.4) is 0 Å². The van der Waals surface area contributed by atoms with Gasteiger partial charge in [0.05, 0.1) is 30.8 Å². The first-order valence-electron chi connectivity index (χ1n) is 10.9. The summed E-state index contributed by atoms with van der Waals surface area (Å²) in [7, 11) is 0. The number of rotatable bonds is 8.